The molecule has 1 aromatic heterocycles. The van der Waals surface area contributed by atoms with E-state index in [2.05, 4.69) is 5.10 Å². The average molecular weight is 330 g/mol. The number of carbonyl (C=O) groups excluding carboxylic acids is 2. The Balaban J connectivity index is 2.00. The highest BCUT2D eigenvalue weighted by molar-refractivity contribution is 5.89. The fourth-order valence-electron chi connectivity index (χ4n) is 2.54. The zero-order chi connectivity index (χ0) is 17.7. The lowest BCUT2D eigenvalue weighted by molar-refractivity contribution is 0.0526. The smallest absolute Gasteiger partial charge is 0.338 e. The van der Waals surface area contributed by atoms with Gasteiger partial charge in [-0.25, -0.2) is 9.48 Å². The summed E-state index contributed by atoms with van der Waals surface area (Å²) < 4.78 is 11.8. The minimum Gasteiger partial charge on any atom is -0.484 e. The van der Waals surface area contributed by atoms with Crippen LogP contribution in [0.3, 0.4) is 0 Å². The summed E-state index contributed by atoms with van der Waals surface area (Å²) in [7, 11) is 0. The van der Waals surface area contributed by atoms with Gasteiger partial charge in [0.2, 0.25) is 0 Å². The van der Waals surface area contributed by atoms with Crippen LogP contribution < -0.4 is 4.74 Å². The van der Waals surface area contributed by atoms with E-state index in [9.17, 15) is 9.59 Å². The fourth-order valence-corrected chi connectivity index (χ4v) is 2.54. The van der Waals surface area contributed by atoms with Gasteiger partial charge in [-0.05, 0) is 57.0 Å². The van der Waals surface area contributed by atoms with E-state index in [1.165, 1.54) is 4.68 Å². The molecule has 0 N–H and O–H groups in total. The first kappa shape index (κ1) is 17.7. The van der Waals surface area contributed by atoms with Gasteiger partial charge in [0.15, 0.2) is 6.61 Å². The molecule has 0 amide bonds. The molecule has 0 atom stereocenters. The maximum absolute atomic E-state index is 12.3. The maximum Gasteiger partial charge on any atom is 0.338 e. The van der Waals surface area contributed by atoms with Gasteiger partial charge in [-0.1, -0.05) is 6.92 Å². The molecule has 24 heavy (non-hydrogen) atoms. The molecular weight excluding hydrogens is 308 g/mol. The van der Waals surface area contributed by atoms with Gasteiger partial charge in [0.25, 0.3) is 5.91 Å². The molecule has 0 aliphatic heterocycles. The predicted molar refractivity (Wildman–Crippen MR) is 89.6 cm³/mol. The van der Waals surface area contributed by atoms with Crippen LogP contribution in [0.5, 0.6) is 5.75 Å². The van der Waals surface area contributed by atoms with Crippen LogP contribution in [0.25, 0.3) is 0 Å². The molecule has 1 aromatic carbocycles. The van der Waals surface area contributed by atoms with E-state index in [0.717, 1.165) is 23.4 Å². The van der Waals surface area contributed by atoms with Gasteiger partial charge >= 0.3 is 5.97 Å². The van der Waals surface area contributed by atoms with E-state index < -0.39 is 0 Å². The number of rotatable bonds is 6. The van der Waals surface area contributed by atoms with E-state index in [1.807, 2.05) is 20.8 Å². The first-order valence-corrected chi connectivity index (χ1v) is 7.96. The van der Waals surface area contributed by atoms with Crippen molar-refractivity contribution in [3.05, 3.63) is 46.8 Å². The third-order valence-electron chi connectivity index (χ3n) is 3.76. The molecule has 0 aliphatic carbocycles. The molecule has 1 heterocycles. The Morgan fingerprint density at radius 3 is 2.33 bits per heavy atom. The molecule has 0 spiro atoms. The maximum atomic E-state index is 12.3. The second kappa shape index (κ2) is 7.77. The minimum absolute atomic E-state index is 0.121. The van der Waals surface area contributed by atoms with Gasteiger partial charge < -0.3 is 9.47 Å². The first-order chi connectivity index (χ1) is 11.5. The lowest BCUT2D eigenvalue weighted by Gasteiger charge is -2.08. The minimum atomic E-state index is -0.380. The topological polar surface area (TPSA) is 70.4 Å². The molecule has 128 valence electrons. The molecule has 0 unspecified atom stereocenters. The van der Waals surface area contributed by atoms with E-state index in [1.54, 1.807) is 31.2 Å². The summed E-state index contributed by atoms with van der Waals surface area (Å²) in [6.07, 6.45) is 0.834. The highest BCUT2D eigenvalue weighted by Crippen LogP contribution is 2.15. The van der Waals surface area contributed by atoms with Crippen LogP contribution in [0.2, 0.25) is 0 Å². The lowest BCUT2D eigenvalue weighted by atomic mass is 10.1. The monoisotopic (exact) mass is 330 g/mol. The van der Waals surface area contributed by atoms with Gasteiger partial charge in [-0.15, -0.1) is 0 Å². The van der Waals surface area contributed by atoms with E-state index >= 15 is 0 Å². The second-order valence-corrected chi connectivity index (χ2v) is 5.34. The quantitative estimate of drug-likeness (QED) is 0.762. The molecule has 6 heteroatoms. The Labute approximate surface area is 141 Å². The zero-order valence-electron chi connectivity index (χ0n) is 14.5. The van der Waals surface area contributed by atoms with Crippen molar-refractivity contribution < 1.29 is 19.1 Å². The number of hydrogen-bond donors (Lipinski definition) is 0. The largest absolute Gasteiger partial charge is 0.484 e. The van der Waals surface area contributed by atoms with Crippen molar-refractivity contribution in [1.82, 2.24) is 9.78 Å². The normalized spacial score (nSPS) is 10.5. The SMILES string of the molecule is CCOC(=O)c1ccc(OCC(=O)n2nc(C)c(CC)c2C)cc1. The summed E-state index contributed by atoms with van der Waals surface area (Å²) in [6, 6.07) is 6.49. The summed E-state index contributed by atoms with van der Waals surface area (Å²) in [6.45, 7) is 7.77. The number of nitrogens with zero attached hydrogens (tertiary/aromatic N) is 2. The van der Waals surface area contributed by atoms with Crippen LogP contribution in [-0.4, -0.2) is 34.9 Å². The first-order valence-electron chi connectivity index (χ1n) is 7.96. The Hall–Kier alpha value is -2.63. The van der Waals surface area contributed by atoms with Crippen LogP contribution in [0.4, 0.5) is 0 Å². The van der Waals surface area contributed by atoms with Gasteiger partial charge in [0, 0.05) is 5.69 Å². The van der Waals surface area contributed by atoms with Crippen LogP contribution in [-0.2, 0) is 11.2 Å². The molecule has 0 fully saturated rings. The standard InChI is InChI=1S/C18H22N2O4/c1-5-16-12(3)19-20(13(16)4)17(21)11-24-15-9-7-14(8-10-15)18(22)23-6-2/h7-10H,5-6,11H2,1-4H3. The molecule has 0 aliphatic rings. The van der Waals surface area contributed by atoms with Gasteiger partial charge in [0.05, 0.1) is 17.9 Å². The molecule has 0 saturated carbocycles. The van der Waals surface area contributed by atoms with Crippen molar-refractivity contribution in [3.63, 3.8) is 0 Å². The van der Waals surface area contributed by atoms with Crippen LogP contribution >= 0.6 is 0 Å². The number of carbonyl (C=O) groups is 2. The number of hydrogen-bond acceptors (Lipinski definition) is 5. The molecule has 0 saturated heterocycles. The van der Waals surface area contributed by atoms with Crippen molar-refractivity contribution in [2.45, 2.75) is 34.1 Å². The number of aromatic nitrogens is 2. The number of benzene rings is 1. The van der Waals surface area contributed by atoms with Gasteiger partial charge in [-0.3, -0.25) is 4.79 Å². The van der Waals surface area contributed by atoms with Gasteiger partial charge in [0.1, 0.15) is 5.75 Å². The second-order valence-electron chi connectivity index (χ2n) is 5.34. The van der Waals surface area contributed by atoms with Crippen LogP contribution in [0, 0.1) is 13.8 Å². The molecular formula is C18H22N2O4. The number of esters is 1. The van der Waals surface area contributed by atoms with Gasteiger partial charge in [-0.2, -0.15) is 5.10 Å². The Morgan fingerprint density at radius 2 is 1.79 bits per heavy atom. The molecule has 0 bridgehead atoms. The summed E-state index contributed by atoms with van der Waals surface area (Å²) in [5, 5.41) is 4.28. The summed E-state index contributed by atoms with van der Waals surface area (Å²) in [5.41, 5.74) is 3.24. The molecule has 0 radical (unpaired) electrons. The Morgan fingerprint density at radius 1 is 1.12 bits per heavy atom. The third-order valence-corrected chi connectivity index (χ3v) is 3.76. The summed E-state index contributed by atoms with van der Waals surface area (Å²) in [5.74, 6) is -0.103. The highest BCUT2D eigenvalue weighted by atomic mass is 16.5. The average Bonchev–Trinajstić information content (AvgIpc) is 2.87. The predicted octanol–water partition coefficient (Wildman–Crippen LogP) is 2.96. The Kier molecular flexibility index (Phi) is 5.73. The summed E-state index contributed by atoms with van der Waals surface area (Å²) >= 11 is 0. The van der Waals surface area contributed by atoms with Crippen molar-refractivity contribution >= 4 is 11.9 Å². The van der Waals surface area contributed by atoms with Crippen LogP contribution in [0.1, 0.15) is 46.0 Å². The van der Waals surface area contributed by atoms with E-state index in [0.29, 0.717) is 17.9 Å². The highest BCUT2D eigenvalue weighted by Gasteiger charge is 2.16. The number of aryl methyl sites for hydroxylation is 1. The zero-order valence-corrected chi connectivity index (χ0v) is 14.5. The van der Waals surface area contributed by atoms with E-state index in [4.69, 9.17) is 9.47 Å². The molecule has 6 nitrogen and oxygen atoms in total. The van der Waals surface area contributed by atoms with Crippen molar-refractivity contribution in [2.75, 3.05) is 13.2 Å². The van der Waals surface area contributed by atoms with Crippen molar-refractivity contribution in [2.24, 2.45) is 0 Å². The Bertz CT molecular complexity index is 732. The summed E-state index contributed by atoms with van der Waals surface area (Å²) in [4.78, 5) is 23.9. The van der Waals surface area contributed by atoms with Crippen molar-refractivity contribution in [3.8, 4) is 5.75 Å². The molecule has 2 aromatic rings. The van der Waals surface area contributed by atoms with E-state index in [-0.39, 0.29) is 18.5 Å². The fraction of sp³-hybridized carbons (Fsp3) is 0.389. The lowest BCUT2D eigenvalue weighted by Crippen LogP contribution is -2.21. The third kappa shape index (κ3) is 3.82. The van der Waals surface area contributed by atoms with Crippen molar-refractivity contribution in [1.29, 1.82) is 0 Å². The van der Waals surface area contributed by atoms with Crippen LogP contribution in [0.15, 0.2) is 24.3 Å². The number of ether oxygens (including phenoxy) is 2. The molecule has 2 rings (SSSR count).